The summed E-state index contributed by atoms with van der Waals surface area (Å²) in [6, 6.07) is 1.84. The van der Waals surface area contributed by atoms with Crippen molar-refractivity contribution >= 4 is 11.7 Å². The van der Waals surface area contributed by atoms with Crippen LogP contribution >= 0.6 is 0 Å². The van der Waals surface area contributed by atoms with E-state index in [0.29, 0.717) is 5.56 Å². The Hall–Kier alpha value is -2.77. The van der Waals surface area contributed by atoms with Crippen LogP contribution in [0.1, 0.15) is 35.7 Å². The minimum Gasteiger partial charge on any atom is -0.478 e. The van der Waals surface area contributed by atoms with Gasteiger partial charge in [0.25, 0.3) is 5.69 Å². The van der Waals surface area contributed by atoms with Gasteiger partial charge < -0.3 is 5.11 Å². The molecule has 1 fully saturated rings. The molecule has 7 nitrogen and oxygen atoms in total. The molecule has 114 valence electrons. The average Bonchev–Trinajstić information content (AvgIpc) is 2.84. The van der Waals surface area contributed by atoms with Crippen LogP contribution in [-0.4, -0.2) is 25.8 Å². The van der Waals surface area contributed by atoms with Gasteiger partial charge in [-0.25, -0.2) is 9.18 Å². The molecule has 1 heterocycles. The van der Waals surface area contributed by atoms with Crippen LogP contribution in [0.2, 0.25) is 0 Å². The molecule has 0 radical (unpaired) electrons. The van der Waals surface area contributed by atoms with E-state index in [2.05, 4.69) is 5.10 Å². The van der Waals surface area contributed by atoms with E-state index in [1.54, 1.807) is 10.9 Å². The molecule has 3 rings (SSSR count). The number of carboxylic acid groups (broad SMARTS) is 1. The van der Waals surface area contributed by atoms with E-state index in [-0.39, 0.29) is 11.6 Å². The highest BCUT2D eigenvalue weighted by Crippen LogP contribution is 2.34. The number of benzene rings is 1. The number of aromatic nitrogens is 2. The van der Waals surface area contributed by atoms with Crippen LogP contribution in [0.15, 0.2) is 24.5 Å². The highest BCUT2D eigenvalue weighted by atomic mass is 19.1. The third kappa shape index (κ3) is 2.32. The van der Waals surface area contributed by atoms with Gasteiger partial charge in [0.05, 0.1) is 28.8 Å². The van der Waals surface area contributed by atoms with Crippen molar-refractivity contribution in [2.45, 2.75) is 25.3 Å². The smallest absolute Gasteiger partial charge is 0.336 e. The third-order valence-corrected chi connectivity index (χ3v) is 3.86. The van der Waals surface area contributed by atoms with Crippen molar-refractivity contribution in [3.05, 3.63) is 46.0 Å². The molecule has 1 aliphatic rings. The topological polar surface area (TPSA) is 98.3 Å². The Morgan fingerprint density at radius 3 is 2.73 bits per heavy atom. The molecule has 1 aliphatic carbocycles. The second-order valence-electron chi connectivity index (χ2n) is 5.21. The zero-order chi connectivity index (χ0) is 15.9. The first-order valence-electron chi connectivity index (χ1n) is 6.73. The summed E-state index contributed by atoms with van der Waals surface area (Å²) >= 11 is 0. The van der Waals surface area contributed by atoms with Crippen molar-refractivity contribution in [3.63, 3.8) is 0 Å². The monoisotopic (exact) mass is 305 g/mol. The summed E-state index contributed by atoms with van der Waals surface area (Å²) in [6.45, 7) is 0. The molecule has 0 unspecified atom stereocenters. The van der Waals surface area contributed by atoms with E-state index in [4.69, 9.17) is 0 Å². The van der Waals surface area contributed by atoms with E-state index < -0.39 is 28.0 Å². The average molecular weight is 305 g/mol. The Balaban J connectivity index is 2.10. The van der Waals surface area contributed by atoms with E-state index in [9.17, 15) is 24.4 Å². The number of nitrogens with zero attached hydrogens (tertiary/aromatic N) is 3. The van der Waals surface area contributed by atoms with E-state index in [1.807, 2.05) is 0 Å². The fraction of sp³-hybridized carbons (Fsp3) is 0.286. The molecule has 0 bridgehead atoms. The number of carboxylic acids is 1. The fourth-order valence-corrected chi connectivity index (χ4v) is 2.48. The molecule has 1 aromatic carbocycles. The molecule has 22 heavy (non-hydrogen) atoms. The Bertz CT molecular complexity index is 767. The summed E-state index contributed by atoms with van der Waals surface area (Å²) in [5.74, 6) is -2.37. The van der Waals surface area contributed by atoms with Gasteiger partial charge in [0.2, 0.25) is 0 Å². The largest absolute Gasteiger partial charge is 0.478 e. The zero-order valence-corrected chi connectivity index (χ0v) is 11.4. The van der Waals surface area contributed by atoms with Crippen LogP contribution in [0.25, 0.3) is 11.1 Å². The summed E-state index contributed by atoms with van der Waals surface area (Å²) in [7, 11) is 0. The molecule has 0 saturated heterocycles. The number of hydrogen-bond donors (Lipinski definition) is 1. The van der Waals surface area contributed by atoms with Gasteiger partial charge in [-0.3, -0.25) is 14.8 Å². The minimum atomic E-state index is -1.42. The molecule has 2 aromatic rings. The number of nitro benzene ring substituents is 1. The number of aromatic carboxylic acids is 1. The van der Waals surface area contributed by atoms with Crippen LogP contribution in [0.5, 0.6) is 0 Å². The van der Waals surface area contributed by atoms with Gasteiger partial charge in [-0.15, -0.1) is 0 Å². The first-order chi connectivity index (χ1) is 10.5. The molecule has 1 N–H and O–H groups in total. The number of rotatable bonds is 4. The van der Waals surface area contributed by atoms with E-state index in [1.165, 1.54) is 6.20 Å². The van der Waals surface area contributed by atoms with E-state index >= 15 is 0 Å². The Labute approximate surface area is 124 Å². The van der Waals surface area contributed by atoms with Crippen LogP contribution in [0.3, 0.4) is 0 Å². The lowest BCUT2D eigenvalue weighted by Crippen LogP contribution is -2.17. The predicted octanol–water partition coefficient (Wildman–Crippen LogP) is 3.02. The summed E-state index contributed by atoms with van der Waals surface area (Å²) in [5, 5.41) is 24.1. The maximum Gasteiger partial charge on any atom is 0.336 e. The number of nitro groups is 1. The second-order valence-corrected chi connectivity index (χ2v) is 5.21. The van der Waals surface area contributed by atoms with Gasteiger partial charge in [-0.05, 0) is 19.3 Å². The maximum atomic E-state index is 14.2. The molecular formula is C14H12FN3O4. The second kappa shape index (κ2) is 5.21. The van der Waals surface area contributed by atoms with Crippen LogP contribution in [-0.2, 0) is 0 Å². The lowest BCUT2D eigenvalue weighted by atomic mass is 9.93. The van der Waals surface area contributed by atoms with Crippen LogP contribution < -0.4 is 0 Å². The quantitative estimate of drug-likeness (QED) is 0.691. The third-order valence-electron chi connectivity index (χ3n) is 3.86. The van der Waals surface area contributed by atoms with Gasteiger partial charge in [0, 0.05) is 23.4 Å². The van der Waals surface area contributed by atoms with Crippen molar-refractivity contribution in [1.29, 1.82) is 0 Å². The van der Waals surface area contributed by atoms with E-state index in [0.717, 1.165) is 31.4 Å². The van der Waals surface area contributed by atoms with Crippen molar-refractivity contribution in [1.82, 2.24) is 9.78 Å². The van der Waals surface area contributed by atoms with Gasteiger partial charge >= 0.3 is 5.97 Å². The highest BCUT2D eigenvalue weighted by Gasteiger charge is 2.25. The fourth-order valence-electron chi connectivity index (χ4n) is 2.48. The van der Waals surface area contributed by atoms with Crippen molar-refractivity contribution in [2.24, 2.45) is 0 Å². The molecule has 0 atom stereocenters. The number of carbonyl (C=O) groups is 1. The number of halogens is 1. The summed E-state index contributed by atoms with van der Waals surface area (Å²) < 4.78 is 15.9. The molecular weight excluding hydrogens is 293 g/mol. The minimum absolute atomic E-state index is 0.177. The van der Waals surface area contributed by atoms with Gasteiger partial charge in [0.1, 0.15) is 5.82 Å². The Kier molecular flexibility index (Phi) is 3.36. The van der Waals surface area contributed by atoms with Crippen LogP contribution in [0, 0.1) is 15.9 Å². The van der Waals surface area contributed by atoms with Gasteiger partial charge in [-0.1, -0.05) is 0 Å². The Morgan fingerprint density at radius 1 is 1.45 bits per heavy atom. The first kappa shape index (κ1) is 14.2. The zero-order valence-electron chi connectivity index (χ0n) is 11.4. The highest BCUT2D eigenvalue weighted by molar-refractivity contribution is 5.96. The number of hydrogen-bond acceptors (Lipinski definition) is 4. The summed E-state index contributed by atoms with van der Waals surface area (Å²) in [6.07, 6.45) is 6.03. The standard InChI is InChI=1S/C14H12FN3O4/c15-12-5-10(18(21)22)4-11(14(19)20)13(12)8-6-16-17(7-8)9-2-1-3-9/h4-7,9H,1-3H2,(H,19,20). The van der Waals surface area contributed by atoms with Crippen LogP contribution in [0.4, 0.5) is 10.1 Å². The lowest BCUT2D eigenvalue weighted by molar-refractivity contribution is -0.385. The SMILES string of the molecule is O=C(O)c1cc([N+](=O)[O-])cc(F)c1-c1cnn(C2CCC2)c1. The van der Waals surface area contributed by atoms with Gasteiger partial charge in [-0.2, -0.15) is 5.10 Å². The van der Waals surface area contributed by atoms with Crippen molar-refractivity contribution in [3.8, 4) is 11.1 Å². The van der Waals surface area contributed by atoms with Crippen molar-refractivity contribution < 1.29 is 19.2 Å². The molecule has 0 aliphatic heterocycles. The van der Waals surface area contributed by atoms with Gasteiger partial charge in [0.15, 0.2) is 0 Å². The normalized spacial score (nSPS) is 14.6. The summed E-state index contributed by atoms with van der Waals surface area (Å²) in [4.78, 5) is 21.2. The predicted molar refractivity (Wildman–Crippen MR) is 74.1 cm³/mol. The molecule has 8 heteroatoms. The Morgan fingerprint density at radius 2 is 2.18 bits per heavy atom. The van der Waals surface area contributed by atoms with Crippen molar-refractivity contribution in [2.75, 3.05) is 0 Å². The lowest BCUT2D eigenvalue weighted by Gasteiger charge is -2.25. The molecule has 1 aromatic heterocycles. The molecule has 0 spiro atoms. The molecule has 0 amide bonds. The number of non-ortho nitro benzene ring substituents is 1. The molecule has 1 saturated carbocycles. The first-order valence-corrected chi connectivity index (χ1v) is 6.73. The summed E-state index contributed by atoms with van der Waals surface area (Å²) in [5.41, 5.74) is -0.912. The maximum absolute atomic E-state index is 14.2.